The van der Waals surface area contributed by atoms with Gasteiger partial charge in [0.05, 0.1) is 5.01 Å². The van der Waals surface area contributed by atoms with Crippen molar-refractivity contribution < 1.29 is 8.42 Å². The standard InChI is InChI=1S/C6H6N2O2S2/c1-4-8-5(3-7)6(11-4)12(2,9)10/h1-2H3. The van der Waals surface area contributed by atoms with Gasteiger partial charge in [0.1, 0.15) is 6.07 Å². The summed E-state index contributed by atoms with van der Waals surface area (Å²) in [7, 11) is -3.29. The summed E-state index contributed by atoms with van der Waals surface area (Å²) in [6, 6.07) is 1.74. The van der Waals surface area contributed by atoms with Gasteiger partial charge in [-0.15, -0.1) is 11.3 Å². The second-order valence-corrected chi connectivity index (χ2v) is 5.67. The van der Waals surface area contributed by atoms with Crippen molar-refractivity contribution in [1.29, 1.82) is 5.26 Å². The molecule has 0 saturated heterocycles. The summed E-state index contributed by atoms with van der Waals surface area (Å²) < 4.78 is 22.1. The molecule has 0 spiro atoms. The zero-order valence-electron chi connectivity index (χ0n) is 6.53. The third kappa shape index (κ3) is 1.62. The van der Waals surface area contributed by atoms with Crippen molar-refractivity contribution in [3.8, 4) is 6.07 Å². The summed E-state index contributed by atoms with van der Waals surface area (Å²) in [6.45, 7) is 1.67. The molecule has 64 valence electrons. The number of nitrogens with zero attached hydrogens (tertiary/aromatic N) is 2. The maximum absolute atomic E-state index is 11.0. The van der Waals surface area contributed by atoms with Crippen LogP contribution in [-0.2, 0) is 9.84 Å². The molecule has 0 bridgehead atoms. The first-order valence-electron chi connectivity index (χ1n) is 3.02. The average Bonchev–Trinajstić information content (AvgIpc) is 2.29. The van der Waals surface area contributed by atoms with Crippen LogP contribution >= 0.6 is 11.3 Å². The lowest BCUT2D eigenvalue weighted by molar-refractivity contribution is 0.603. The number of rotatable bonds is 1. The second-order valence-electron chi connectivity index (χ2n) is 2.25. The largest absolute Gasteiger partial charge is 0.229 e. The van der Waals surface area contributed by atoms with Crippen LogP contribution in [0.15, 0.2) is 4.21 Å². The summed E-state index contributed by atoms with van der Waals surface area (Å²) in [5.41, 5.74) is 0.000000000000000222. The van der Waals surface area contributed by atoms with Crippen LogP contribution in [0.3, 0.4) is 0 Å². The first-order chi connectivity index (χ1) is 5.45. The van der Waals surface area contributed by atoms with E-state index in [0.29, 0.717) is 5.01 Å². The first-order valence-corrected chi connectivity index (χ1v) is 5.73. The summed E-state index contributed by atoms with van der Waals surface area (Å²) in [5, 5.41) is 9.11. The van der Waals surface area contributed by atoms with E-state index in [-0.39, 0.29) is 9.90 Å². The summed E-state index contributed by atoms with van der Waals surface area (Å²) in [4.78, 5) is 3.77. The minimum atomic E-state index is -3.29. The molecule has 0 aromatic carbocycles. The van der Waals surface area contributed by atoms with Crippen LogP contribution < -0.4 is 0 Å². The molecule has 4 nitrogen and oxygen atoms in total. The summed E-state index contributed by atoms with van der Waals surface area (Å²) >= 11 is 1.02. The lowest BCUT2D eigenvalue weighted by Crippen LogP contribution is -1.96. The van der Waals surface area contributed by atoms with Crippen LogP contribution in [0.2, 0.25) is 0 Å². The van der Waals surface area contributed by atoms with Crippen molar-refractivity contribution >= 4 is 21.2 Å². The van der Waals surface area contributed by atoms with Gasteiger partial charge in [-0.05, 0) is 6.92 Å². The maximum atomic E-state index is 11.0. The van der Waals surface area contributed by atoms with Crippen LogP contribution in [0.25, 0.3) is 0 Å². The van der Waals surface area contributed by atoms with Crippen molar-refractivity contribution in [3.05, 3.63) is 10.7 Å². The normalized spacial score (nSPS) is 11.1. The predicted molar refractivity (Wildman–Crippen MR) is 44.7 cm³/mol. The second kappa shape index (κ2) is 2.84. The summed E-state index contributed by atoms with van der Waals surface area (Å²) in [5.74, 6) is 0. The minimum absolute atomic E-state index is 0.000000000000000222. The van der Waals surface area contributed by atoms with E-state index in [0.717, 1.165) is 17.6 Å². The highest BCUT2D eigenvalue weighted by Crippen LogP contribution is 2.22. The molecular weight excluding hydrogens is 196 g/mol. The molecule has 0 aliphatic rings. The molecule has 0 aliphatic heterocycles. The molecule has 1 aromatic heterocycles. The third-order valence-corrected chi connectivity index (χ3v) is 3.94. The van der Waals surface area contributed by atoms with E-state index < -0.39 is 9.84 Å². The highest BCUT2D eigenvalue weighted by atomic mass is 32.2. The summed E-state index contributed by atoms with van der Waals surface area (Å²) in [6.07, 6.45) is 1.07. The Bertz CT molecular complexity index is 439. The Balaban J connectivity index is 3.46. The van der Waals surface area contributed by atoms with Crippen molar-refractivity contribution in [1.82, 2.24) is 4.98 Å². The van der Waals surface area contributed by atoms with Gasteiger partial charge in [-0.25, -0.2) is 13.4 Å². The Morgan fingerprint density at radius 2 is 2.17 bits per heavy atom. The highest BCUT2D eigenvalue weighted by Gasteiger charge is 2.17. The van der Waals surface area contributed by atoms with Gasteiger partial charge in [0.15, 0.2) is 19.7 Å². The zero-order valence-corrected chi connectivity index (χ0v) is 8.16. The van der Waals surface area contributed by atoms with Crippen molar-refractivity contribution in [3.63, 3.8) is 0 Å². The molecule has 1 rings (SSSR count). The molecule has 0 fully saturated rings. The van der Waals surface area contributed by atoms with E-state index >= 15 is 0 Å². The Labute approximate surface area is 74.4 Å². The van der Waals surface area contributed by atoms with E-state index in [1.54, 1.807) is 13.0 Å². The fourth-order valence-electron chi connectivity index (χ4n) is 0.730. The number of nitriles is 1. The Morgan fingerprint density at radius 3 is 2.50 bits per heavy atom. The van der Waals surface area contributed by atoms with Crippen LogP contribution in [-0.4, -0.2) is 19.7 Å². The van der Waals surface area contributed by atoms with Gasteiger partial charge < -0.3 is 0 Å². The number of aryl methyl sites for hydroxylation is 1. The molecule has 0 N–H and O–H groups in total. The van der Waals surface area contributed by atoms with E-state index in [1.165, 1.54) is 0 Å². The molecule has 12 heavy (non-hydrogen) atoms. The van der Waals surface area contributed by atoms with Gasteiger partial charge in [-0.2, -0.15) is 5.26 Å². The van der Waals surface area contributed by atoms with E-state index in [1.807, 2.05) is 0 Å². The minimum Gasteiger partial charge on any atom is -0.229 e. The van der Waals surface area contributed by atoms with Crippen molar-refractivity contribution in [2.75, 3.05) is 6.26 Å². The predicted octanol–water partition coefficient (Wildman–Crippen LogP) is 0.727. The maximum Gasteiger partial charge on any atom is 0.187 e. The average molecular weight is 202 g/mol. The number of sulfone groups is 1. The topological polar surface area (TPSA) is 70.8 Å². The van der Waals surface area contributed by atoms with Crippen molar-refractivity contribution in [2.24, 2.45) is 0 Å². The molecule has 0 atom stereocenters. The van der Waals surface area contributed by atoms with Gasteiger partial charge in [0, 0.05) is 6.26 Å². The van der Waals surface area contributed by atoms with E-state index in [4.69, 9.17) is 5.26 Å². The molecule has 1 aromatic rings. The molecule has 0 saturated carbocycles. The molecular formula is C6H6N2O2S2. The van der Waals surface area contributed by atoms with Gasteiger partial charge >= 0.3 is 0 Å². The van der Waals surface area contributed by atoms with Gasteiger partial charge in [-0.1, -0.05) is 0 Å². The quantitative estimate of drug-likeness (QED) is 0.673. The lowest BCUT2D eigenvalue weighted by Gasteiger charge is -1.88. The van der Waals surface area contributed by atoms with E-state index in [2.05, 4.69) is 4.98 Å². The molecule has 6 heteroatoms. The number of thiazole rings is 1. The monoisotopic (exact) mass is 202 g/mol. The molecule has 1 heterocycles. The fourth-order valence-corrected chi connectivity index (χ4v) is 2.73. The molecule has 0 amide bonds. The van der Waals surface area contributed by atoms with Crippen LogP contribution in [0.5, 0.6) is 0 Å². The molecule has 0 radical (unpaired) electrons. The van der Waals surface area contributed by atoms with Crippen LogP contribution in [0, 0.1) is 18.3 Å². The Kier molecular flexibility index (Phi) is 2.17. The fraction of sp³-hybridized carbons (Fsp3) is 0.333. The van der Waals surface area contributed by atoms with Crippen LogP contribution in [0.4, 0.5) is 0 Å². The first kappa shape index (κ1) is 9.16. The SMILES string of the molecule is Cc1nc(C#N)c(S(C)(=O)=O)s1. The van der Waals surface area contributed by atoms with Gasteiger partial charge in [-0.3, -0.25) is 0 Å². The molecule has 0 aliphatic carbocycles. The van der Waals surface area contributed by atoms with Gasteiger partial charge in [0.25, 0.3) is 0 Å². The van der Waals surface area contributed by atoms with E-state index in [9.17, 15) is 8.42 Å². The zero-order chi connectivity index (χ0) is 9.35. The number of aromatic nitrogens is 1. The highest BCUT2D eigenvalue weighted by molar-refractivity contribution is 7.92. The lowest BCUT2D eigenvalue weighted by atomic mass is 10.5. The van der Waals surface area contributed by atoms with Gasteiger partial charge in [0.2, 0.25) is 0 Å². The van der Waals surface area contributed by atoms with Crippen LogP contribution in [0.1, 0.15) is 10.7 Å². The Morgan fingerprint density at radius 1 is 1.58 bits per heavy atom. The molecule has 0 unspecified atom stereocenters. The van der Waals surface area contributed by atoms with Crippen molar-refractivity contribution in [2.45, 2.75) is 11.1 Å². The number of hydrogen-bond acceptors (Lipinski definition) is 5. The third-order valence-electron chi connectivity index (χ3n) is 1.15. The number of hydrogen-bond donors (Lipinski definition) is 0. The Hall–Kier alpha value is -0.930. The smallest absolute Gasteiger partial charge is 0.187 e.